The maximum absolute atomic E-state index is 6.13. The normalized spacial score (nSPS) is 27.1. The van der Waals surface area contributed by atoms with Crippen LogP contribution in [0.1, 0.15) is 26.7 Å². The molecule has 1 heterocycles. The molecule has 3 rings (SSSR count). The van der Waals surface area contributed by atoms with Crippen molar-refractivity contribution in [2.75, 3.05) is 18.0 Å². The molecule has 1 aliphatic heterocycles. The lowest BCUT2D eigenvalue weighted by atomic mass is 9.96. The summed E-state index contributed by atoms with van der Waals surface area (Å²) < 4.78 is 0.987. The number of piperazine rings is 1. The summed E-state index contributed by atoms with van der Waals surface area (Å²) in [5, 5.41) is 4.54. The lowest BCUT2D eigenvalue weighted by Crippen LogP contribution is -2.59. The lowest BCUT2D eigenvalue weighted by Gasteiger charge is -2.44. The Morgan fingerprint density at radius 3 is 2.70 bits per heavy atom. The smallest absolute Gasteiger partial charge is 0.0549 e. The molecule has 2 aliphatic rings. The Hall–Kier alpha value is -0.250. The van der Waals surface area contributed by atoms with Gasteiger partial charge in [0.2, 0.25) is 0 Å². The number of anilines is 1. The Balaban J connectivity index is 1.85. The van der Waals surface area contributed by atoms with E-state index < -0.39 is 0 Å². The zero-order valence-electron chi connectivity index (χ0n) is 12.1. The minimum absolute atomic E-state index is 0.554. The summed E-state index contributed by atoms with van der Waals surface area (Å²) in [6, 6.07) is 7.51. The van der Waals surface area contributed by atoms with E-state index in [0.29, 0.717) is 18.0 Å². The highest BCUT2D eigenvalue weighted by molar-refractivity contribution is 9.10. The quantitative estimate of drug-likeness (QED) is 0.867. The maximum atomic E-state index is 6.13. The molecule has 2 nitrogen and oxygen atoms in total. The van der Waals surface area contributed by atoms with Crippen LogP contribution in [-0.2, 0) is 0 Å². The summed E-state index contributed by atoms with van der Waals surface area (Å²) >= 11 is 9.68. The van der Waals surface area contributed by atoms with E-state index in [1.165, 1.54) is 18.5 Å². The van der Waals surface area contributed by atoms with Gasteiger partial charge in [-0.1, -0.05) is 25.4 Å². The number of nitrogens with one attached hydrogen (secondary N) is 1. The lowest BCUT2D eigenvalue weighted by molar-refractivity contribution is 0.320. The summed E-state index contributed by atoms with van der Waals surface area (Å²) in [4.78, 5) is 2.57. The summed E-state index contributed by atoms with van der Waals surface area (Å²) in [6.45, 7) is 6.81. The van der Waals surface area contributed by atoms with Crippen LogP contribution < -0.4 is 10.2 Å². The van der Waals surface area contributed by atoms with Gasteiger partial charge in [0, 0.05) is 35.3 Å². The van der Waals surface area contributed by atoms with Crippen molar-refractivity contribution in [1.82, 2.24) is 5.32 Å². The van der Waals surface area contributed by atoms with Gasteiger partial charge in [0.1, 0.15) is 0 Å². The predicted molar refractivity (Wildman–Crippen MR) is 89.6 cm³/mol. The number of rotatable bonds is 3. The van der Waals surface area contributed by atoms with Gasteiger partial charge >= 0.3 is 0 Å². The fraction of sp³-hybridized carbons (Fsp3) is 0.625. The summed E-state index contributed by atoms with van der Waals surface area (Å²) in [6.07, 6.45) is 2.78. The van der Waals surface area contributed by atoms with Gasteiger partial charge in [0.15, 0.2) is 0 Å². The van der Waals surface area contributed by atoms with Crippen molar-refractivity contribution < 1.29 is 0 Å². The molecular formula is C16H22BrClN2. The standard InChI is InChI=1S/C16H22BrClN2/c1-10(2)16-8-19-15(11-3-4-11)9-20(16)12-5-6-14(18)13(17)7-12/h5-7,10-11,15-16,19H,3-4,8-9H2,1-2H3. The predicted octanol–water partition coefficient (Wildman–Crippen LogP) is 4.32. The van der Waals surface area contributed by atoms with Gasteiger partial charge in [0.25, 0.3) is 0 Å². The van der Waals surface area contributed by atoms with Crippen molar-refractivity contribution in [3.8, 4) is 0 Å². The Bertz CT molecular complexity index is 487. The summed E-state index contributed by atoms with van der Waals surface area (Å²) in [5.41, 5.74) is 1.28. The van der Waals surface area contributed by atoms with Crippen molar-refractivity contribution in [1.29, 1.82) is 0 Å². The Morgan fingerprint density at radius 1 is 1.35 bits per heavy atom. The van der Waals surface area contributed by atoms with Gasteiger partial charge in [-0.3, -0.25) is 0 Å². The second-order valence-corrected chi connectivity index (χ2v) is 7.68. The van der Waals surface area contributed by atoms with Crippen LogP contribution in [0.3, 0.4) is 0 Å². The van der Waals surface area contributed by atoms with E-state index in [9.17, 15) is 0 Å². The van der Waals surface area contributed by atoms with Crippen LogP contribution in [0.25, 0.3) is 0 Å². The minimum atomic E-state index is 0.554. The van der Waals surface area contributed by atoms with E-state index in [2.05, 4.69) is 52.1 Å². The largest absolute Gasteiger partial charge is 0.365 e. The molecule has 1 aliphatic carbocycles. The average Bonchev–Trinajstić information content (AvgIpc) is 3.25. The first-order valence-electron chi connectivity index (χ1n) is 7.51. The van der Waals surface area contributed by atoms with Gasteiger partial charge in [0.05, 0.1) is 5.02 Å². The average molecular weight is 358 g/mol. The molecule has 2 atom stereocenters. The van der Waals surface area contributed by atoms with Crippen molar-refractivity contribution in [3.63, 3.8) is 0 Å². The highest BCUT2D eigenvalue weighted by Crippen LogP contribution is 2.37. The molecule has 1 aromatic carbocycles. The number of hydrogen-bond acceptors (Lipinski definition) is 2. The molecular weight excluding hydrogens is 336 g/mol. The Morgan fingerprint density at radius 2 is 2.10 bits per heavy atom. The molecule has 2 fully saturated rings. The van der Waals surface area contributed by atoms with Gasteiger partial charge in [-0.25, -0.2) is 0 Å². The molecule has 2 unspecified atom stereocenters. The van der Waals surface area contributed by atoms with E-state index in [-0.39, 0.29) is 0 Å². The van der Waals surface area contributed by atoms with Crippen molar-refractivity contribution in [2.45, 2.75) is 38.8 Å². The fourth-order valence-corrected chi connectivity index (χ4v) is 3.65. The molecule has 4 heteroatoms. The molecule has 20 heavy (non-hydrogen) atoms. The van der Waals surface area contributed by atoms with Crippen molar-refractivity contribution >= 4 is 33.2 Å². The van der Waals surface area contributed by atoms with Gasteiger partial charge < -0.3 is 10.2 Å². The van der Waals surface area contributed by atoms with E-state index in [1.54, 1.807) is 0 Å². The van der Waals surface area contributed by atoms with Crippen molar-refractivity contribution in [3.05, 3.63) is 27.7 Å². The summed E-state index contributed by atoms with van der Waals surface area (Å²) in [7, 11) is 0. The second kappa shape index (κ2) is 5.86. The Kier molecular flexibility index (Phi) is 4.30. The van der Waals surface area contributed by atoms with Gasteiger partial charge in [-0.2, -0.15) is 0 Å². The van der Waals surface area contributed by atoms with E-state index in [1.807, 2.05) is 6.07 Å². The third-order valence-corrected chi connectivity index (χ3v) is 5.79. The van der Waals surface area contributed by atoms with Gasteiger partial charge in [-0.05, 0) is 58.8 Å². The van der Waals surface area contributed by atoms with E-state index in [0.717, 1.165) is 28.5 Å². The number of benzene rings is 1. The monoisotopic (exact) mass is 356 g/mol. The highest BCUT2D eigenvalue weighted by atomic mass is 79.9. The Labute approximate surface area is 135 Å². The fourth-order valence-electron chi connectivity index (χ4n) is 3.16. The first kappa shape index (κ1) is 14.7. The molecule has 1 saturated heterocycles. The molecule has 0 aromatic heterocycles. The zero-order chi connectivity index (χ0) is 14.3. The molecule has 0 spiro atoms. The van der Waals surface area contributed by atoms with Crippen molar-refractivity contribution in [2.24, 2.45) is 11.8 Å². The molecule has 110 valence electrons. The minimum Gasteiger partial charge on any atom is -0.365 e. The van der Waals surface area contributed by atoms with Crippen LogP contribution in [0.15, 0.2) is 22.7 Å². The SMILES string of the molecule is CC(C)C1CNC(C2CC2)CN1c1ccc(Cl)c(Br)c1. The summed E-state index contributed by atoms with van der Waals surface area (Å²) in [5.74, 6) is 1.53. The van der Waals surface area contributed by atoms with Crippen LogP contribution in [0.4, 0.5) is 5.69 Å². The molecule has 0 radical (unpaired) electrons. The topological polar surface area (TPSA) is 15.3 Å². The highest BCUT2D eigenvalue weighted by Gasteiger charge is 2.38. The number of halogens is 2. The van der Waals surface area contributed by atoms with Crippen LogP contribution in [0.5, 0.6) is 0 Å². The molecule has 1 saturated carbocycles. The zero-order valence-corrected chi connectivity index (χ0v) is 14.4. The third-order valence-electron chi connectivity index (χ3n) is 4.58. The first-order chi connectivity index (χ1) is 9.56. The van der Waals surface area contributed by atoms with Crippen LogP contribution >= 0.6 is 27.5 Å². The van der Waals surface area contributed by atoms with Crippen LogP contribution in [-0.4, -0.2) is 25.2 Å². The van der Waals surface area contributed by atoms with Crippen LogP contribution in [0, 0.1) is 11.8 Å². The third kappa shape index (κ3) is 3.00. The number of nitrogens with zero attached hydrogens (tertiary/aromatic N) is 1. The second-order valence-electron chi connectivity index (χ2n) is 6.41. The van der Waals surface area contributed by atoms with Crippen LogP contribution in [0.2, 0.25) is 5.02 Å². The first-order valence-corrected chi connectivity index (χ1v) is 8.68. The van der Waals surface area contributed by atoms with Gasteiger partial charge in [-0.15, -0.1) is 0 Å². The van der Waals surface area contributed by atoms with E-state index in [4.69, 9.17) is 11.6 Å². The molecule has 0 bridgehead atoms. The molecule has 1 aromatic rings. The molecule has 0 amide bonds. The van der Waals surface area contributed by atoms with E-state index >= 15 is 0 Å². The number of hydrogen-bond donors (Lipinski definition) is 1. The maximum Gasteiger partial charge on any atom is 0.0549 e. The molecule has 1 N–H and O–H groups in total.